The maximum Gasteiger partial charge on any atom is 0.277 e. The molecule has 2 heterocycles. The van der Waals surface area contributed by atoms with Crippen LogP contribution in [0.2, 0.25) is 0 Å². The van der Waals surface area contributed by atoms with E-state index in [1.165, 1.54) is 11.8 Å². The van der Waals surface area contributed by atoms with Gasteiger partial charge < -0.3 is 4.42 Å². The summed E-state index contributed by atoms with van der Waals surface area (Å²) in [5.74, 6) is 0.619. The van der Waals surface area contributed by atoms with E-state index in [-0.39, 0.29) is 11.0 Å². The normalized spacial score (nSPS) is 12.6. The van der Waals surface area contributed by atoms with Gasteiger partial charge >= 0.3 is 0 Å². The lowest BCUT2D eigenvalue weighted by molar-refractivity contribution is -0.116. The topological polar surface area (TPSA) is 68.9 Å². The molecule has 0 saturated carbocycles. The molecule has 0 bridgehead atoms. The van der Waals surface area contributed by atoms with E-state index in [0.717, 1.165) is 10.7 Å². The highest BCUT2D eigenvalue weighted by Gasteiger charge is 2.15. The summed E-state index contributed by atoms with van der Waals surface area (Å²) >= 11 is 2.87. The number of carbonyl (C=O) groups excluding carboxylic acids is 1. The molecule has 0 spiro atoms. The highest BCUT2D eigenvalue weighted by Crippen LogP contribution is 2.23. The molecule has 5 nitrogen and oxygen atoms in total. The summed E-state index contributed by atoms with van der Waals surface area (Å²) in [7, 11) is 0. The van der Waals surface area contributed by atoms with Crippen molar-refractivity contribution < 1.29 is 9.21 Å². The second-order valence-corrected chi connectivity index (χ2v) is 6.22. The van der Waals surface area contributed by atoms with Crippen molar-refractivity contribution in [1.82, 2.24) is 15.2 Å². The first-order valence-corrected chi connectivity index (χ1v) is 7.21. The van der Waals surface area contributed by atoms with Crippen molar-refractivity contribution in [2.75, 3.05) is 0 Å². The summed E-state index contributed by atoms with van der Waals surface area (Å²) in [4.78, 5) is 15.5. The predicted octanol–water partition coefficient (Wildman–Crippen LogP) is 2.49. The number of thioether (sulfide) groups is 1. The standard InChI is InChI=1S/C11H13N3O2S2/c1-6(15)7(2)18-11-14-13-10(16-11)4-9-5-17-8(3)12-9/h5,7H,4H2,1-3H3. The number of hydrogen-bond donors (Lipinski definition) is 0. The van der Waals surface area contributed by atoms with Crippen molar-refractivity contribution >= 4 is 28.9 Å². The first-order valence-electron chi connectivity index (χ1n) is 5.45. The molecular weight excluding hydrogens is 270 g/mol. The molecular formula is C11H13N3O2S2. The zero-order valence-electron chi connectivity index (χ0n) is 10.3. The van der Waals surface area contributed by atoms with Crippen LogP contribution in [0.5, 0.6) is 0 Å². The third-order valence-electron chi connectivity index (χ3n) is 2.30. The lowest BCUT2D eigenvalue weighted by Gasteiger charge is -2.01. The fraction of sp³-hybridized carbons (Fsp3) is 0.455. The number of thiazole rings is 1. The molecule has 0 aliphatic heterocycles. The molecule has 0 N–H and O–H groups in total. The Morgan fingerprint density at radius 1 is 1.56 bits per heavy atom. The SMILES string of the molecule is CC(=O)C(C)Sc1nnc(Cc2csc(C)n2)o1. The Morgan fingerprint density at radius 3 is 2.94 bits per heavy atom. The molecule has 0 saturated heterocycles. The van der Waals surface area contributed by atoms with E-state index < -0.39 is 0 Å². The van der Waals surface area contributed by atoms with E-state index in [1.807, 2.05) is 19.2 Å². The van der Waals surface area contributed by atoms with Gasteiger partial charge in [0.1, 0.15) is 5.78 Å². The van der Waals surface area contributed by atoms with Crippen LogP contribution in [0.1, 0.15) is 30.4 Å². The van der Waals surface area contributed by atoms with Gasteiger partial charge in [-0.25, -0.2) is 4.98 Å². The molecule has 2 aromatic heterocycles. The molecule has 1 unspecified atom stereocenters. The van der Waals surface area contributed by atoms with E-state index in [2.05, 4.69) is 15.2 Å². The molecule has 18 heavy (non-hydrogen) atoms. The maximum atomic E-state index is 11.1. The first kappa shape index (κ1) is 13.2. The van der Waals surface area contributed by atoms with Crippen LogP contribution in [0.4, 0.5) is 0 Å². The van der Waals surface area contributed by atoms with Gasteiger partial charge in [-0.2, -0.15) is 0 Å². The summed E-state index contributed by atoms with van der Waals surface area (Å²) in [5.41, 5.74) is 0.928. The minimum atomic E-state index is -0.167. The smallest absolute Gasteiger partial charge is 0.277 e. The monoisotopic (exact) mass is 283 g/mol. The minimum Gasteiger partial charge on any atom is -0.416 e. The summed E-state index contributed by atoms with van der Waals surface area (Å²) in [6, 6.07) is 0. The lowest BCUT2D eigenvalue weighted by atomic mass is 10.3. The van der Waals surface area contributed by atoms with Crippen molar-refractivity contribution in [1.29, 1.82) is 0 Å². The van der Waals surface area contributed by atoms with Crippen LogP contribution in [-0.4, -0.2) is 26.2 Å². The van der Waals surface area contributed by atoms with Gasteiger partial charge in [0, 0.05) is 5.38 Å². The first-order chi connectivity index (χ1) is 8.54. The van der Waals surface area contributed by atoms with Gasteiger partial charge in [-0.05, 0) is 20.8 Å². The molecule has 0 amide bonds. The van der Waals surface area contributed by atoms with Crippen molar-refractivity contribution in [3.8, 4) is 0 Å². The molecule has 2 aromatic rings. The number of rotatable bonds is 5. The van der Waals surface area contributed by atoms with Gasteiger partial charge in [0.15, 0.2) is 0 Å². The molecule has 0 fully saturated rings. The number of hydrogen-bond acceptors (Lipinski definition) is 7. The van der Waals surface area contributed by atoms with E-state index in [0.29, 0.717) is 17.5 Å². The van der Waals surface area contributed by atoms with Crippen LogP contribution in [-0.2, 0) is 11.2 Å². The number of aromatic nitrogens is 3. The van der Waals surface area contributed by atoms with Gasteiger partial charge in [-0.15, -0.1) is 21.5 Å². The highest BCUT2D eigenvalue weighted by atomic mass is 32.2. The van der Waals surface area contributed by atoms with Crippen LogP contribution in [0, 0.1) is 6.92 Å². The highest BCUT2D eigenvalue weighted by molar-refractivity contribution is 8.00. The third kappa shape index (κ3) is 3.39. The summed E-state index contributed by atoms with van der Waals surface area (Å²) in [6.45, 7) is 5.32. The van der Waals surface area contributed by atoms with Crippen LogP contribution < -0.4 is 0 Å². The van der Waals surface area contributed by atoms with Crippen LogP contribution in [0.25, 0.3) is 0 Å². The quantitative estimate of drug-likeness (QED) is 0.785. The number of ketones is 1. The number of Topliss-reactive ketones (excluding diaryl/α,β-unsaturated/α-hetero) is 1. The van der Waals surface area contributed by atoms with E-state index in [4.69, 9.17) is 4.42 Å². The lowest BCUT2D eigenvalue weighted by Crippen LogP contribution is -2.07. The summed E-state index contributed by atoms with van der Waals surface area (Å²) in [5, 5.41) is 11.1. The molecule has 0 radical (unpaired) electrons. The predicted molar refractivity (Wildman–Crippen MR) is 70.0 cm³/mol. The van der Waals surface area contributed by atoms with Crippen molar-refractivity contribution in [3.05, 3.63) is 22.0 Å². The average Bonchev–Trinajstić information content (AvgIpc) is 2.89. The largest absolute Gasteiger partial charge is 0.416 e. The maximum absolute atomic E-state index is 11.1. The van der Waals surface area contributed by atoms with E-state index in [1.54, 1.807) is 18.3 Å². The molecule has 1 atom stereocenters. The van der Waals surface area contributed by atoms with Crippen LogP contribution >= 0.6 is 23.1 Å². The summed E-state index contributed by atoms with van der Waals surface area (Å²) in [6.07, 6.45) is 0.534. The van der Waals surface area contributed by atoms with Crippen LogP contribution in [0.3, 0.4) is 0 Å². The van der Waals surface area contributed by atoms with Crippen molar-refractivity contribution in [2.24, 2.45) is 0 Å². The Kier molecular flexibility index (Phi) is 4.13. The number of nitrogens with zero attached hydrogens (tertiary/aromatic N) is 3. The van der Waals surface area contributed by atoms with Crippen LogP contribution in [0.15, 0.2) is 15.0 Å². The summed E-state index contributed by atoms with van der Waals surface area (Å²) < 4.78 is 5.47. The van der Waals surface area contributed by atoms with Gasteiger partial charge in [0.25, 0.3) is 5.22 Å². The number of carbonyl (C=O) groups is 1. The molecule has 96 valence electrons. The molecule has 0 aliphatic carbocycles. The fourth-order valence-electron chi connectivity index (χ4n) is 1.24. The fourth-order valence-corrected chi connectivity index (χ4v) is 2.55. The zero-order valence-corrected chi connectivity index (χ0v) is 12.0. The van der Waals surface area contributed by atoms with Gasteiger partial charge in [0.2, 0.25) is 5.89 Å². The second-order valence-electron chi connectivity index (χ2n) is 3.87. The molecule has 0 aromatic carbocycles. The van der Waals surface area contributed by atoms with Gasteiger partial charge in [-0.3, -0.25) is 4.79 Å². The Balaban J connectivity index is 2.00. The second kappa shape index (κ2) is 5.62. The zero-order chi connectivity index (χ0) is 13.1. The molecule has 7 heteroatoms. The minimum absolute atomic E-state index is 0.0925. The Bertz CT molecular complexity index is 550. The Morgan fingerprint density at radius 2 is 2.33 bits per heavy atom. The van der Waals surface area contributed by atoms with E-state index >= 15 is 0 Å². The van der Waals surface area contributed by atoms with Gasteiger partial charge in [0.05, 0.1) is 22.4 Å². The van der Waals surface area contributed by atoms with E-state index in [9.17, 15) is 4.79 Å². The number of aryl methyl sites for hydroxylation is 1. The van der Waals surface area contributed by atoms with Gasteiger partial charge in [-0.1, -0.05) is 11.8 Å². The average molecular weight is 283 g/mol. The van der Waals surface area contributed by atoms with Crippen molar-refractivity contribution in [3.63, 3.8) is 0 Å². The molecule has 0 aliphatic rings. The Labute approximate surface area is 113 Å². The third-order valence-corrected chi connectivity index (χ3v) is 4.17. The van der Waals surface area contributed by atoms with Crippen molar-refractivity contribution in [2.45, 2.75) is 37.7 Å². The molecule has 2 rings (SSSR count). The Hall–Kier alpha value is -1.21.